The van der Waals surface area contributed by atoms with Gasteiger partial charge < -0.3 is 14.8 Å². The van der Waals surface area contributed by atoms with Crippen molar-refractivity contribution >= 4 is 17.5 Å². The summed E-state index contributed by atoms with van der Waals surface area (Å²) >= 11 is 0. The minimum absolute atomic E-state index is 0.103. The monoisotopic (exact) mass is 485 g/mol. The van der Waals surface area contributed by atoms with Crippen molar-refractivity contribution in [2.45, 2.75) is 51.1 Å². The summed E-state index contributed by atoms with van der Waals surface area (Å²) < 4.78 is 11.5. The molecule has 0 bridgehead atoms. The van der Waals surface area contributed by atoms with Gasteiger partial charge in [0.05, 0.1) is 0 Å². The summed E-state index contributed by atoms with van der Waals surface area (Å²) in [6, 6.07) is 17.5. The van der Waals surface area contributed by atoms with Gasteiger partial charge in [-0.05, 0) is 49.6 Å². The second-order valence-electron chi connectivity index (χ2n) is 9.37. The van der Waals surface area contributed by atoms with Crippen molar-refractivity contribution in [3.8, 4) is 11.5 Å². The highest BCUT2D eigenvalue weighted by Crippen LogP contribution is 2.38. The van der Waals surface area contributed by atoms with Crippen LogP contribution >= 0.6 is 0 Å². The first-order chi connectivity index (χ1) is 17.6. The molecule has 1 atom stereocenters. The van der Waals surface area contributed by atoms with Gasteiger partial charge in [0.1, 0.15) is 24.9 Å². The summed E-state index contributed by atoms with van der Waals surface area (Å²) in [5, 5.41) is 3.24. The predicted molar refractivity (Wildman–Crippen MR) is 137 cm³/mol. The number of benzene rings is 2. The van der Waals surface area contributed by atoms with Crippen molar-refractivity contribution in [2.24, 2.45) is 0 Å². The van der Waals surface area contributed by atoms with Crippen molar-refractivity contribution in [3.05, 3.63) is 83.7 Å². The molecule has 1 unspecified atom stereocenters. The molecule has 7 nitrogen and oxygen atoms in total. The zero-order valence-electron chi connectivity index (χ0n) is 20.5. The van der Waals surface area contributed by atoms with E-state index in [1.54, 1.807) is 42.6 Å². The first-order valence-electron chi connectivity index (χ1n) is 12.6. The summed E-state index contributed by atoms with van der Waals surface area (Å²) in [7, 11) is 0. The topological polar surface area (TPSA) is 80.8 Å². The Morgan fingerprint density at radius 1 is 0.944 bits per heavy atom. The largest absolute Gasteiger partial charge is 0.486 e. The quantitative estimate of drug-likeness (QED) is 0.532. The van der Waals surface area contributed by atoms with Crippen LogP contribution in [0.2, 0.25) is 0 Å². The van der Waals surface area contributed by atoms with Crippen LogP contribution in [0.25, 0.3) is 0 Å². The van der Waals surface area contributed by atoms with E-state index in [1.807, 2.05) is 31.2 Å². The number of nitrogens with zero attached hydrogens (tertiary/aromatic N) is 2. The summed E-state index contributed by atoms with van der Waals surface area (Å²) in [6.45, 7) is 2.89. The third kappa shape index (κ3) is 5.20. The minimum atomic E-state index is -0.885. The minimum Gasteiger partial charge on any atom is -0.486 e. The number of hydrogen-bond acceptors (Lipinski definition) is 5. The van der Waals surface area contributed by atoms with E-state index in [2.05, 4.69) is 10.3 Å². The lowest BCUT2D eigenvalue weighted by atomic mass is 9.94. The van der Waals surface area contributed by atoms with Gasteiger partial charge >= 0.3 is 0 Å². The Bertz CT molecular complexity index is 1210. The lowest BCUT2D eigenvalue weighted by Gasteiger charge is -2.34. The van der Waals surface area contributed by atoms with Crippen LogP contribution in [-0.2, 0) is 4.79 Å². The predicted octanol–water partition coefficient (Wildman–Crippen LogP) is 5.00. The number of nitrogens with one attached hydrogen (secondary N) is 1. The second kappa shape index (κ2) is 10.8. The van der Waals surface area contributed by atoms with Gasteiger partial charge in [-0.25, -0.2) is 0 Å². The molecule has 2 heterocycles. The molecule has 1 aliphatic carbocycles. The van der Waals surface area contributed by atoms with Crippen LogP contribution in [-0.4, -0.2) is 36.1 Å². The van der Waals surface area contributed by atoms with E-state index in [9.17, 15) is 9.59 Å². The van der Waals surface area contributed by atoms with E-state index < -0.39 is 6.04 Å². The second-order valence-corrected chi connectivity index (χ2v) is 9.37. The standard InChI is InChI=1S/C29H31N3O4/c1-20-10-12-21(13-11-20)27(28(33)31-22-7-3-2-4-8-22)32(29(34)24-9-5-6-16-30-24)23-14-15-25-26(19-23)36-18-17-35-25/h5-6,9-16,19,22,27H,2-4,7-8,17-18H2,1H3,(H,31,33). The Labute approximate surface area is 211 Å². The van der Waals surface area contributed by atoms with Crippen molar-refractivity contribution < 1.29 is 19.1 Å². The molecule has 36 heavy (non-hydrogen) atoms. The van der Waals surface area contributed by atoms with Gasteiger partial charge in [-0.2, -0.15) is 0 Å². The van der Waals surface area contributed by atoms with E-state index in [0.717, 1.165) is 36.8 Å². The Hall–Kier alpha value is -3.87. The number of carbonyl (C=O) groups is 2. The van der Waals surface area contributed by atoms with Crippen molar-refractivity contribution in [1.29, 1.82) is 0 Å². The van der Waals surface area contributed by atoms with Crippen LogP contribution in [0.4, 0.5) is 5.69 Å². The van der Waals surface area contributed by atoms with Gasteiger partial charge in [0.2, 0.25) is 5.91 Å². The van der Waals surface area contributed by atoms with Gasteiger partial charge in [0.15, 0.2) is 11.5 Å². The SMILES string of the molecule is Cc1ccc(C(C(=O)NC2CCCCC2)N(C(=O)c2ccccn2)c2ccc3c(c2)OCCO3)cc1. The van der Waals surface area contributed by atoms with Gasteiger partial charge in [-0.15, -0.1) is 0 Å². The molecule has 1 fully saturated rings. The highest BCUT2D eigenvalue weighted by molar-refractivity contribution is 6.09. The van der Waals surface area contributed by atoms with Crippen LogP contribution in [0.15, 0.2) is 66.9 Å². The molecule has 1 aliphatic heterocycles. The molecule has 0 saturated heterocycles. The van der Waals surface area contributed by atoms with Crippen molar-refractivity contribution in [3.63, 3.8) is 0 Å². The van der Waals surface area contributed by atoms with E-state index >= 15 is 0 Å². The van der Waals surface area contributed by atoms with Crippen LogP contribution in [0.1, 0.15) is 59.8 Å². The number of ether oxygens (including phenoxy) is 2. The molecular weight excluding hydrogens is 454 g/mol. The van der Waals surface area contributed by atoms with Crippen molar-refractivity contribution in [1.82, 2.24) is 10.3 Å². The van der Waals surface area contributed by atoms with Gasteiger partial charge in [-0.1, -0.05) is 55.2 Å². The summed E-state index contributed by atoms with van der Waals surface area (Å²) in [4.78, 5) is 33.8. The molecule has 1 saturated carbocycles. The van der Waals surface area contributed by atoms with E-state index in [0.29, 0.717) is 30.4 Å². The molecule has 3 aromatic rings. The Morgan fingerprint density at radius 3 is 2.42 bits per heavy atom. The van der Waals surface area contributed by atoms with E-state index in [1.165, 1.54) is 11.3 Å². The van der Waals surface area contributed by atoms with E-state index in [-0.39, 0.29) is 23.6 Å². The maximum atomic E-state index is 14.0. The van der Waals surface area contributed by atoms with Gasteiger partial charge in [0, 0.05) is 24.0 Å². The first kappa shape index (κ1) is 23.9. The Kier molecular flexibility index (Phi) is 7.16. The molecule has 2 aromatic carbocycles. The number of anilines is 1. The van der Waals surface area contributed by atoms with Gasteiger partial charge in [-0.3, -0.25) is 19.5 Å². The molecular formula is C29H31N3O4. The molecule has 1 N–H and O–H groups in total. The highest BCUT2D eigenvalue weighted by atomic mass is 16.6. The van der Waals surface area contributed by atoms with Crippen molar-refractivity contribution in [2.75, 3.05) is 18.1 Å². The maximum absolute atomic E-state index is 14.0. The van der Waals surface area contributed by atoms with Gasteiger partial charge in [0.25, 0.3) is 5.91 Å². The first-order valence-corrected chi connectivity index (χ1v) is 12.6. The average Bonchev–Trinajstić information content (AvgIpc) is 2.93. The number of pyridine rings is 1. The van der Waals surface area contributed by atoms with Crippen LogP contribution < -0.4 is 19.7 Å². The molecule has 0 radical (unpaired) electrons. The molecule has 2 amide bonds. The number of amides is 2. The fraction of sp³-hybridized carbons (Fsp3) is 0.345. The third-order valence-electron chi connectivity index (χ3n) is 6.76. The molecule has 7 heteroatoms. The Balaban J connectivity index is 1.60. The molecule has 5 rings (SSSR count). The normalized spacial score (nSPS) is 16.1. The number of rotatable bonds is 6. The zero-order valence-corrected chi connectivity index (χ0v) is 20.5. The summed E-state index contributed by atoms with van der Waals surface area (Å²) in [5.74, 6) is 0.600. The van der Waals surface area contributed by atoms with Crippen LogP contribution in [0.5, 0.6) is 11.5 Å². The number of aromatic nitrogens is 1. The lowest BCUT2D eigenvalue weighted by molar-refractivity contribution is -0.123. The van der Waals surface area contributed by atoms with Crippen LogP contribution in [0, 0.1) is 6.92 Å². The molecule has 0 spiro atoms. The average molecular weight is 486 g/mol. The highest BCUT2D eigenvalue weighted by Gasteiger charge is 2.35. The number of aryl methyl sites for hydroxylation is 1. The fourth-order valence-corrected chi connectivity index (χ4v) is 4.87. The maximum Gasteiger partial charge on any atom is 0.277 e. The summed E-state index contributed by atoms with van der Waals surface area (Å²) in [5.41, 5.74) is 2.61. The Morgan fingerprint density at radius 2 is 1.69 bits per heavy atom. The number of fused-ring (bicyclic) bond motifs is 1. The van der Waals surface area contributed by atoms with Crippen LogP contribution in [0.3, 0.4) is 0 Å². The smallest absolute Gasteiger partial charge is 0.277 e. The third-order valence-corrected chi connectivity index (χ3v) is 6.76. The molecule has 1 aromatic heterocycles. The molecule has 186 valence electrons. The number of carbonyl (C=O) groups excluding carboxylic acids is 2. The lowest BCUT2D eigenvalue weighted by Crippen LogP contribution is -2.47. The number of hydrogen-bond donors (Lipinski definition) is 1. The summed E-state index contributed by atoms with van der Waals surface area (Å²) in [6.07, 6.45) is 6.86. The zero-order chi connectivity index (χ0) is 24.9. The van der Waals surface area contributed by atoms with E-state index in [4.69, 9.17) is 9.47 Å². The fourth-order valence-electron chi connectivity index (χ4n) is 4.87. The molecule has 2 aliphatic rings.